The highest BCUT2D eigenvalue weighted by molar-refractivity contribution is 5.14. The molecule has 0 rings (SSSR count). The van der Waals surface area contributed by atoms with Gasteiger partial charge in [0.15, 0.2) is 0 Å². The summed E-state index contributed by atoms with van der Waals surface area (Å²) in [6.45, 7) is 20.9. The molecule has 0 aliphatic carbocycles. The summed E-state index contributed by atoms with van der Waals surface area (Å²) >= 11 is 0. The van der Waals surface area contributed by atoms with Crippen LogP contribution >= 0.6 is 0 Å². The van der Waals surface area contributed by atoms with Gasteiger partial charge in [0, 0.05) is 23.5 Å². The van der Waals surface area contributed by atoms with E-state index in [-0.39, 0.29) is 18.1 Å². The van der Waals surface area contributed by atoms with Crippen LogP contribution in [0.25, 0.3) is 0 Å². The average molecular weight is 275 g/mol. The number of terminal acetylenes is 1. The van der Waals surface area contributed by atoms with E-state index in [4.69, 9.17) is 6.42 Å². The van der Waals surface area contributed by atoms with Crippen molar-refractivity contribution in [3.8, 4) is 12.3 Å². The van der Waals surface area contributed by atoms with Crippen molar-refractivity contribution in [3.63, 3.8) is 0 Å². The maximum atomic E-state index is 5.23. The Morgan fingerprint density at radius 2 is 1.50 bits per heavy atom. The average Bonchev–Trinajstić information content (AvgIpc) is 2.43. The molecule has 0 aromatic heterocycles. The van der Waals surface area contributed by atoms with Crippen molar-refractivity contribution in [1.29, 1.82) is 0 Å². The molecule has 20 heavy (non-hydrogen) atoms. The molecule has 0 heterocycles. The lowest BCUT2D eigenvalue weighted by atomic mass is 10.1. The van der Waals surface area contributed by atoms with Crippen molar-refractivity contribution in [3.05, 3.63) is 36.7 Å². The van der Waals surface area contributed by atoms with Gasteiger partial charge in [0.1, 0.15) is 0 Å². The van der Waals surface area contributed by atoms with Crippen LogP contribution in [0.4, 0.5) is 0 Å². The number of rotatable bonds is 10. The van der Waals surface area contributed by atoms with E-state index >= 15 is 0 Å². The molecule has 0 aromatic rings. The lowest BCUT2D eigenvalue weighted by Crippen LogP contribution is -2.41. The van der Waals surface area contributed by atoms with Crippen LogP contribution in [0.15, 0.2) is 36.7 Å². The topological polar surface area (TPSA) is 36.1 Å². The van der Waals surface area contributed by atoms with Crippen molar-refractivity contribution in [2.24, 2.45) is 0 Å². The van der Waals surface area contributed by atoms with Gasteiger partial charge in [0.05, 0.1) is 12.6 Å². The van der Waals surface area contributed by atoms with E-state index in [9.17, 15) is 0 Å². The summed E-state index contributed by atoms with van der Waals surface area (Å²) in [7, 11) is 0. The van der Waals surface area contributed by atoms with Gasteiger partial charge in [-0.2, -0.15) is 0 Å². The maximum Gasteiger partial charge on any atom is 0.0623 e. The zero-order valence-corrected chi connectivity index (χ0v) is 13.3. The van der Waals surface area contributed by atoms with Crippen molar-refractivity contribution in [1.82, 2.24) is 16.0 Å². The third kappa shape index (κ3) is 6.49. The lowest BCUT2D eigenvalue weighted by molar-refractivity contribution is 0.544. The fourth-order valence-corrected chi connectivity index (χ4v) is 1.64. The lowest BCUT2D eigenvalue weighted by Gasteiger charge is -2.26. The normalized spacial score (nSPS) is 14.6. The Kier molecular flexibility index (Phi) is 8.51. The Hall–Kier alpha value is -1.66. The van der Waals surface area contributed by atoms with Gasteiger partial charge in [-0.25, -0.2) is 0 Å². The monoisotopic (exact) mass is 275 g/mol. The number of nitrogens with one attached hydrogen (secondary N) is 3. The second kappa shape index (κ2) is 9.28. The zero-order chi connectivity index (χ0) is 15.7. The number of hydrogen-bond donors (Lipinski definition) is 3. The van der Waals surface area contributed by atoms with E-state index in [1.165, 1.54) is 5.57 Å². The van der Waals surface area contributed by atoms with Crippen molar-refractivity contribution >= 4 is 0 Å². The highest BCUT2D eigenvalue weighted by Crippen LogP contribution is 2.08. The first kappa shape index (κ1) is 18.3. The third-order valence-electron chi connectivity index (χ3n) is 3.43. The van der Waals surface area contributed by atoms with Gasteiger partial charge in [0.2, 0.25) is 0 Å². The van der Waals surface area contributed by atoms with Gasteiger partial charge in [-0.15, -0.1) is 6.42 Å². The molecule has 3 atom stereocenters. The Bertz CT molecular complexity index is 390. The molecule has 0 saturated carbocycles. The minimum Gasteiger partial charge on any atom is -0.381 e. The maximum absolute atomic E-state index is 5.23. The standard InChI is InChI=1S/C17H29N3/c1-9-11-18-14(5)15(6)20-17(8)16(7)19-13(4)12(3)10-2/h1,13-14,17-20H,3,6-7,10-11H2,2,4-5,8H3. The number of hydrogen-bond acceptors (Lipinski definition) is 3. The van der Waals surface area contributed by atoms with Crippen LogP contribution in [0, 0.1) is 12.3 Å². The van der Waals surface area contributed by atoms with Crippen molar-refractivity contribution < 1.29 is 0 Å². The van der Waals surface area contributed by atoms with Crippen molar-refractivity contribution in [2.45, 2.75) is 52.2 Å². The molecule has 3 nitrogen and oxygen atoms in total. The summed E-state index contributed by atoms with van der Waals surface area (Å²) in [5.74, 6) is 2.55. The Morgan fingerprint density at radius 3 is 2.00 bits per heavy atom. The zero-order valence-electron chi connectivity index (χ0n) is 13.3. The van der Waals surface area contributed by atoms with E-state index in [0.717, 1.165) is 17.8 Å². The van der Waals surface area contributed by atoms with Gasteiger partial charge in [-0.3, -0.25) is 5.32 Å². The summed E-state index contributed by atoms with van der Waals surface area (Å²) in [6, 6.07) is 0.427. The molecule has 3 N–H and O–H groups in total. The highest BCUT2D eigenvalue weighted by Gasteiger charge is 2.13. The van der Waals surface area contributed by atoms with E-state index in [1.807, 2.05) is 6.92 Å². The highest BCUT2D eigenvalue weighted by atomic mass is 15.0. The van der Waals surface area contributed by atoms with Crippen LogP contribution in [0.2, 0.25) is 0 Å². The molecule has 0 amide bonds. The molecule has 0 aromatic carbocycles. The van der Waals surface area contributed by atoms with Gasteiger partial charge in [-0.1, -0.05) is 38.2 Å². The molecule has 0 saturated heterocycles. The van der Waals surface area contributed by atoms with E-state index in [2.05, 4.69) is 62.4 Å². The quantitative estimate of drug-likeness (QED) is 0.423. The molecule has 3 heteroatoms. The molecular formula is C17H29N3. The summed E-state index contributed by atoms with van der Waals surface area (Å²) < 4.78 is 0. The van der Waals surface area contributed by atoms with Gasteiger partial charge in [-0.05, 0) is 27.2 Å². The first-order valence-electron chi connectivity index (χ1n) is 7.08. The first-order valence-corrected chi connectivity index (χ1v) is 7.08. The second-order valence-corrected chi connectivity index (χ2v) is 5.10. The Balaban J connectivity index is 4.29. The largest absolute Gasteiger partial charge is 0.381 e. The molecule has 3 unspecified atom stereocenters. The Morgan fingerprint density at radius 1 is 1.00 bits per heavy atom. The van der Waals surface area contributed by atoms with Crippen LogP contribution in [0.5, 0.6) is 0 Å². The van der Waals surface area contributed by atoms with Gasteiger partial charge in [0.25, 0.3) is 0 Å². The fraction of sp³-hybridized carbons (Fsp3) is 0.529. The summed E-state index contributed by atoms with van der Waals surface area (Å²) in [4.78, 5) is 0. The van der Waals surface area contributed by atoms with E-state index in [0.29, 0.717) is 6.54 Å². The van der Waals surface area contributed by atoms with Crippen LogP contribution in [-0.2, 0) is 0 Å². The van der Waals surface area contributed by atoms with Crippen LogP contribution in [0.3, 0.4) is 0 Å². The van der Waals surface area contributed by atoms with E-state index < -0.39 is 0 Å². The smallest absolute Gasteiger partial charge is 0.0623 e. The SMILES string of the molecule is C#CCNC(C)C(=C)NC(C)C(=C)NC(C)C(=C)CC. The molecular weight excluding hydrogens is 246 g/mol. The molecule has 112 valence electrons. The molecule has 0 radical (unpaired) electrons. The summed E-state index contributed by atoms with van der Waals surface area (Å²) in [5.41, 5.74) is 3.00. The Labute approximate surface area is 124 Å². The van der Waals surface area contributed by atoms with Crippen LogP contribution < -0.4 is 16.0 Å². The predicted octanol–water partition coefficient (Wildman–Crippen LogP) is 2.55. The molecule has 0 aliphatic rings. The molecule has 0 spiro atoms. The van der Waals surface area contributed by atoms with Crippen LogP contribution in [-0.4, -0.2) is 24.7 Å². The van der Waals surface area contributed by atoms with Gasteiger partial charge < -0.3 is 10.6 Å². The van der Waals surface area contributed by atoms with Crippen LogP contribution in [0.1, 0.15) is 34.1 Å². The summed E-state index contributed by atoms with van der Waals surface area (Å²) in [6.07, 6.45) is 6.19. The van der Waals surface area contributed by atoms with Gasteiger partial charge >= 0.3 is 0 Å². The predicted molar refractivity (Wildman–Crippen MR) is 89.2 cm³/mol. The minimum atomic E-state index is 0.0877. The van der Waals surface area contributed by atoms with E-state index in [1.54, 1.807) is 0 Å². The second-order valence-electron chi connectivity index (χ2n) is 5.10. The molecule has 0 fully saturated rings. The van der Waals surface area contributed by atoms with Crippen molar-refractivity contribution in [2.75, 3.05) is 6.54 Å². The first-order chi connectivity index (χ1) is 9.33. The third-order valence-corrected chi connectivity index (χ3v) is 3.43. The summed E-state index contributed by atoms with van der Waals surface area (Å²) in [5, 5.41) is 9.88. The molecule has 0 aliphatic heterocycles. The fourth-order valence-electron chi connectivity index (χ4n) is 1.64. The minimum absolute atomic E-state index is 0.0877. The molecule has 0 bridgehead atoms.